The molecular weight excluding hydrogens is 176 g/mol. The Morgan fingerprint density at radius 3 is 2.64 bits per heavy atom. The highest BCUT2D eigenvalue weighted by molar-refractivity contribution is 4.69. The summed E-state index contributed by atoms with van der Waals surface area (Å²) in [5.41, 5.74) is 0. The van der Waals surface area contributed by atoms with E-state index in [0.717, 1.165) is 26.1 Å². The molecule has 1 heterocycles. The summed E-state index contributed by atoms with van der Waals surface area (Å²) in [4.78, 5) is 2.39. The third-order valence-electron chi connectivity index (χ3n) is 2.82. The van der Waals surface area contributed by atoms with Gasteiger partial charge in [0.15, 0.2) is 0 Å². The summed E-state index contributed by atoms with van der Waals surface area (Å²) < 4.78 is 0. The average molecular weight is 200 g/mol. The lowest BCUT2D eigenvalue weighted by Gasteiger charge is -2.28. The highest BCUT2D eigenvalue weighted by Crippen LogP contribution is 2.09. The summed E-state index contributed by atoms with van der Waals surface area (Å²) in [5.74, 6) is 0. The summed E-state index contributed by atoms with van der Waals surface area (Å²) in [5, 5.41) is 13.0. The Labute approximate surface area is 87.5 Å². The molecule has 2 N–H and O–H groups in total. The molecule has 0 saturated carbocycles. The highest BCUT2D eigenvalue weighted by atomic mass is 16.3. The van der Waals surface area contributed by atoms with Gasteiger partial charge in [-0.3, -0.25) is 0 Å². The molecule has 14 heavy (non-hydrogen) atoms. The zero-order valence-corrected chi connectivity index (χ0v) is 9.34. The Kier molecular flexibility index (Phi) is 6.15. The van der Waals surface area contributed by atoms with Gasteiger partial charge in [-0.25, -0.2) is 0 Å². The Balaban J connectivity index is 2.03. The van der Waals surface area contributed by atoms with Gasteiger partial charge in [0.05, 0.1) is 6.10 Å². The molecule has 3 heteroatoms. The van der Waals surface area contributed by atoms with Crippen LogP contribution in [0.15, 0.2) is 0 Å². The van der Waals surface area contributed by atoms with Gasteiger partial charge in [0, 0.05) is 6.54 Å². The first-order chi connectivity index (χ1) is 6.83. The van der Waals surface area contributed by atoms with Gasteiger partial charge in [-0.15, -0.1) is 0 Å². The summed E-state index contributed by atoms with van der Waals surface area (Å²) >= 11 is 0. The van der Waals surface area contributed by atoms with Crippen LogP contribution in [0.1, 0.15) is 32.6 Å². The largest absolute Gasteiger partial charge is 0.392 e. The normalized spacial score (nSPS) is 21.0. The van der Waals surface area contributed by atoms with Crippen molar-refractivity contribution in [2.24, 2.45) is 0 Å². The van der Waals surface area contributed by atoms with Crippen molar-refractivity contribution in [3.63, 3.8) is 0 Å². The molecular formula is C11H24N2O. The quantitative estimate of drug-likeness (QED) is 0.624. The fourth-order valence-corrected chi connectivity index (χ4v) is 1.98. The van der Waals surface area contributed by atoms with Crippen LogP contribution in [-0.2, 0) is 0 Å². The van der Waals surface area contributed by atoms with Crippen molar-refractivity contribution < 1.29 is 5.11 Å². The van der Waals surface area contributed by atoms with Crippen molar-refractivity contribution in [2.45, 2.75) is 38.7 Å². The number of likely N-dealkylation sites (tertiary alicyclic amines) is 1. The summed E-state index contributed by atoms with van der Waals surface area (Å²) in [6.45, 7) is 7.25. The molecule has 1 fully saturated rings. The predicted molar refractivity (Wildman–Crippen MR) is 59.5 cm³/mol. The molecule has 3 nitrogen and oxygen atoms in total. The molecule has 1 rings (SSSR count). The average Bonchev–Trinajstić information content (AvgIpc) is 2.20. The predicted octanol–water partition coefficient (Wildman–Crippen LogP) is 0.833. The smallest absolute Gasteiger partial charge is 0.0679 e. The van der Waals surface area contributed by atoms with Gasteiger partial charge in [-0.1, -0.05) is 13.3 Å². The fourth-order valence-electron chi connectivity index (χ4n) is 1.98. The SMILES string of the molecule is CCNCCC(O)CN1CCCCC1. The number of nitrogens with zero attached hydrogens (tertiary/aromatic N) is 1. The maximum atomic E-state index is 9.75. The molecule has 0 aromatic carbocycles. The Morgan fingerprint density at radius 1 is 1.29 bits per heavy atom. The van der Waals surface area contributed by atoms with Crippen molar-refractivity contribution in [1.29, 1.82) is 0 Å². The van der Waals surface area contributed by atoms with E-state index in [-0.39, 0.29) is 6.10 Å². The van der Waals surface area contributed by atoms with Crippen LogP contribution in [0.5, 0.6) is 0 Å². The maximum absolute atomic E-state index is 9.75. The monoisotopic (exact) mass is 200 g/mol. The topological polar surface area (TPSA) is 35.5 Å². The highest BCUT2D eigenvalue weighted by Gasteiger charge is 2.13. The Morgan fingerprint density at radius 2 is 2.00 bits per heavy atom. The molecule has 0 amide bonds. The van der Waals surface area contributed by atoms with Crippen LogP contribution >= 0.6 is 0 Å². The van der Waals surface area contributed by atoms with Gasteiger partial charge < -0.3 is 15.3 Å². The van der Waals surface area contributed by atoms with Crippen molar-refractivity contribution in [3.8, 4) is 0 Å². The first-order valence-electron chi connectivity index (χ1n) is 5.94. The van der Waals surface area contributed by atoms with Crippen LogP contribution in [0.4, 0.5) is 0 Å². The van der Waals surface area contributed by atoms with Gasteiger partial charge in [-0.05, 0) is 45.4 Å². The molecule has 1 atom stereocenters. The molecule has 84 valence electrons. The van der Waals surface area contributed by atoms with Crippen LogP contribution in [0, 0.1) is 0 Å². The zero-order chi connectivity index (χ0) is 10.2. The Bertz CT molecular complexity index is 135. The third kappa shape index (κ3) is 4.94. The summed E-state index contributed by atoms with van der Waals surface area (Å²) in [6.07, 6.45) is 4.71. The van der Waals surface area contributed by atoms with E-state index >= 15 is 0 Å². The summed E-state index contributed by atoms with van der Waals surface area (Å²) in [7, 11) is 0. The minimum atomic E-state index is -0.146. The lowest BCUT2D eigenvalue weighted by molar-refractivity contribution is 0.0949. The van der Waals surface area contributed by atoms with Gasteiger partial charge in [0.2, 0.25) is 0 Å². The van der Waals surface area contributed by atoms with Crippen molar-refractivity contribution >= 4 is 0 Å². The number of hydrogen-bond donors (Lipinski definition) is 2. The number of hydrogen-bond acceptors (Lipinski definition) is 3. The lowest BCUT2D eigenvalue weighted by atomic mass is 10.1. The number of piperidine rings is 1. The van der Waals surface area contributed by atoms with Gasteiger partial charge in [0.1, 0.15) is 0 Å². The first kappa shape index (κ1) is 12.0. The molecule has 0 bridgehead atoms. The molecule has 1 aliphatic heterocycles. The standard InChI is InChI=1S/C11H24N2O/c1-2-12-7-6-11(14)10-13-8-4-3-5-9-13/h11-12,14H,2-10H2,1H3. The van der Waals surface area contributed by atoms with Crippen LogP contribution in [-0.4, -0.2) is 48.8 Å². The number of aliphatic hydroxyl groups is 1. The molecule has 1 unspecified atom stereocenters. The summed E-state index contributed by atoms with van der Waals surface area (Å²) in [6, 6.07) is 0. The van der Waals surface area contributed by atoms with Crippen LogP contribution in [0.2, 0.25) is 0 Å². The fraction of sp³-hybridized carbons (Fsp3) is 1.00. The molecule has 0 aromatic heterocycles. The van der Waals surface area contributed by atoms with Crippen molar-refractivity contribution in [2.75, 3.05) is 32.7 Å². The second-order valence-electron chi connectivity index (χ2n) is 4.16. The first-order valence-corrected chi connectivity index (χ1v) is 5.94. The molecule has 1 saturated heterocycles. The van der Waals surface area contributed by atoms with Crippen molar-refractivity contribution in [1.82, 2.24) is 10.2 Å². The number of rotatable bonds is 6. The van der Waals surface area contributed by atoms with E-state index in [0.29, 0.717) is 0 Å². The maximum Gasteiger partial charge on any atom is 0.0679 e. The van der Waals surface area contributed by atoms with Crippen LogP contribution < -0.4 is 5.32 Å². The Hall–Kier alpha value is -0.120. The van der Waals surface area contributed by atoms with Crippen LogP contribution in [0.3, 0.4) is 0 Å². The van der Waals surface area contributed by atoms with Gasteiger partial charge in [0.25, 0.3) is 0 Å². The van der Waals surface area contributed by atoms with Crippen molar-refractivity contribution in [3.05, 3.63) is 0 Å². The molecule has 1 aliphatic rings. The lowest BCUT2D eigenvalue weighted by Crippen LogP contribution is -2.37. The van der Waals surface area contributed by atoms with E-state index < -0.39 is 0 Å². The van der Waals surface area contributed by atoms with Gasteiger partial charge in [-0.2, -0.15) is 0 Å². The van der Waals surface area contributed by atoms with Crippen LogP contribution in [0.25, 0.3) is 0 Å². The molecule has 0 radical (unpaired) electrons. The van der Waals surface area contributed by atoms with E-state index in [4.69, 9.17) is 0 Å². The number of nitrogens with one attached hydrogen (secondary N) is 1. The minimum Gasteiger partial charge on any atom is -0.392 e. The van der Waals surface area contributed by atoms with E-state index in [1.165, 1.54) is 32.4 Å². The second-order valence-corrected chi connectivity index (χ2v) is 4.16. The number of aliphatic hydroxyl groups excluding tert-OH is 1. The molecule has 0 aliphatic carbocycles. The zero-order valence-electron chi connectivity index (χ0n) is 9.34. The van der Waals surface area contributed by atoms with E-state index in [9.17, 15) is 5.11 Å². The molecule has 0 aromatic rings. The minimum absolute atomic E-state index is 0.146. The number of β-amino-alcohol motifs (C(OH)–C–C–N with tert-alkyl or cyclic N) is 1. The second kappa shape index (κ2) is 7.21. The van der Waals surface area contributed by atoms with Gasteiger partial charge >= 0.3 is 0 Å². The van der Waals surface area contributed by atoms with E-state index in [1.807, 2.05) is 0 Å². The van der Waals surface area contributed by atoms with E-state index in [2.05, 4.69) is 17.1 Å². The third-order valence-corrected chi connectivity index (χ3v) is 2.82. The molecule has 0 spiro atoms. The van der Waals surface area contributed by atoms with E-state index in [1.54, 1.807) is 0 Å².